The Morgan fingerprint density at radius 3 is 2.74 bits per heavy atom. The first-order chi connectivity index (χ1) is 15.3. The second kappa shape index (κ2) is 10.4. The average Bonchev–Trinajstić information content (AvgIpc) is 2.84. The van der Waals surface area contributed by atoms with Crippen LogP contribution in [-0.4, -0.2) is 65.4 Å². The third-order valence-electron chi connectivity index (χ3n) is 5.22. The summed E-state index contributed by atoms with van der Waals surface area (Å²) in [6.45, 7) is 3.58. The summed E-state index contributed by atoms with van der Waals surface area (Å²) < 4.78 is 16.5. The van der Waals surface area contributed by atoms with Gasteiger partial charge in [-0.1, -0.05) is 12.1 Å². The summed E-state index contributed by atoms with van der Waals surface area (Å²) in [5.41, 5.74) is 3.70. The lowest BCUT2D eigenvalue weighted by Crippen LogP contribution is -2.38. The van der Waals surface area contributed by atoms with Crippen LogP contribution >= 0.6 is 0 Å². The van der Waals surface area contributed by atoms with Gasteiger partial charge in [0.2, 0.25) is 0 Å². The van der Waals surface area contributed by atoms with E-state index >= 15 is 0 Å². The van der Waals surface area contributed by atoms with E-state index < -0.39 is 0 Å². The minimum Gasteiger partial charge on any atom is -0.497 e. The third-order valence-corrected chi connectivity index (χ3v) is 5.22. The van der Waals surface area contributed by atoms with Crippen LogP contribution in [0.1, 0.15) is 23.2 Å². The van der Waals surface area contributed by atoms with E-state index in [0.29, 0.717) is 13.2 Å². The molecule has 31 heavy (non-hydrogen) atoms. The van der Waals surface area contributed by atoms with Gasteiger partial charge in [-0.3, -0.25) is 14.9 Å². The van der Waals surface area contributed by atoms with E-state index in [1.165, 1.54) is 0 Å². The maximum absolute atomic E-state index is 6.09. The monoisotopic (exact) mass is 421 g/mol. The zero-order valence-electron chi connectivity index (χ0n) is 17.9. The van der Waals surface area contributed by atoms with Gasteiger partial charge in [-0.2, -0.15) is 0 Å². The molecule has 1 saturated heterocycles. The van der Waals surface area contributed by atoms with Gasteiger partial charge in [-0.15, -0.1) is 0 Å². The molecule has 1 atom stereocenters. The number of aromatic nitrogens is 4. The Labute approximate surface area is 182 Å². The van der Waals surface area contributed by atoms with Crippen LogP contribution in [0.5, 0.6) is 5.75 Å². The van der Waals surface area contributed by atoms with Crippen LogP contribution in [0.4, 0.5) is 0 Å². The topological polar surface area (TPSA) is 82.5 Å². The highest BCUT2D eigenvalue weighted by Gasteiger charge is 2.26. The molecule has 1 fully saturated rings. The normalized spacial score (nSPS) is 16.9. The lowest BCUT2D eigenvalue weighted by Gasteiger charge is -2.33. The molecule has 0 amide bonds. The molecule has 0 N–H and O–H groups in total. The van der Waals surface area contributed by atoms with Gasteiger partial charge in [0.1, 0.15) is 17.7 Å². The number of morpholine rings is 1. The van der Waals surface area contributed by atoms with Crippen molar-refractivity contribution in [3.8, 4) is 17.0 Å². The van der Waals surface area contributed by atoms with Crippen LogP contribution in [0.15, 0.2) is 49.1 Å². The van der Waals surface area contributed by atoms with Crippen LogP contribution in [0.3, 0.4) is 0 Å². The molecule has 8 nitrogen and oxygen atoms in total. The number of hydrogen-bond acceptors (Lipinski definition) is 8. The summed E-state index contributed by atoms with van der Waals surface area (Å²) in [6, 6.07) is 7.85. The highest BCUT2D eigenvalue weighted by Crippen LogP contribution is 2.30. The first kappa shape index (κ1) is 21.3. The Kier molecular flexibility index (Phi) is 7.14. The molecule has 0 unspecified atom stereocenters. The molecule has 0 radical (unpaired) electrons. The third kappa shape index (κ3) is 5.41. The molecular formula is C23H27N5O3. The van der Waals surface area contributed by atoms with Crippen molar-refractivity contribution in [2.24, 2.45) is 0 Å². The van der Waals surface area contributed by atoms with Gasteiger partial charge in [0.05, 0.1) is 31.7 Å². The maximum atomic E-state index is 6.09. The molecule has 1 aliphatic heterocycles. The largest absolute Gasteiger partial charge is 0.497 e. The molecule has 0 aliphatic carbocycles. The molecule has 0 spiro atoms. The van der Waals surface area contributed by atoms with Crippen molar-refractivity contribution >= 4 is 0 Å². The van der Waals surface area contributed by atoms with Gasteiger partial charge in [0, 0.05) is 69.1 Å². The Balaban J connectivity index is 1.48. The van der Waals surface area contributed by atoms with Gasteiger partial charge < -0.3 is 14.2 Å². The van der Waals surface area contributed by atoms with Crippen molar-refractivity contribution in [2.45, 2.75) is 19.1 Å². The van der Waals surface area contributed by atoms with Crippen LogP contribution in [0.25, 0.3) is 11.3 Å². The van der Waals surface area contributed by atoms with Gasteiger partial charge in [-0.25, -0.2) is 9.97 Å². The van der Waals surface area contributed by atoms with E-state index in [4.69, 9.17) is 14.2 Å². The standard InChI is InChI=1S/C23H27N5O3/c1-29-10-6-21-26-13-17(14-27-21)15-28-9-11-31-20(16-28)23-22(24-7-8-25-23)18-4-3-5-19(12-18)30-2/h3-5,7-8,12-14,20H,6,9-11,15-16H2,1-2H3/t20-/m0/s1. The van der Waals surface area contributed by atoms with Gasteiger partial charge in [0.15, 0.2) is 0 Å². The highest BCUT2D eigenvalue weighted by molar-refractivity contribution is 5.63. The van der Waals surface area contributed by atoms with Crippen LogP contribution in [-0.2, 0) is 22.4 Å². The quantitative estimate of drug-likeness (QED) is 0.549. The average molecular weight is 422 g/mol. The smallest absolute Gasteiger partial charge is 0.130 e. The van der Waals surface area contributed by atoms with E-state index in [9.17, 15) is 0 Å². The first-order valence-corrected chi connectivity index (χ1v) is 10.3. The SMILES string of the molecule is COCCc1ncc(CN2CCO[C@H](c3nccnc3-c3cccc(OC)c3)C2)cn1. The van der Waals surface area contributed by atoms with E-state index in [-0.39, 0.29) is 6.10 Å². The van der Waals surface area contributed by atoms with Crippen molar-refractivity contribution in [3.63, 3.8) is 0 Å². The Morgan fingerprint density at radius 2 is 1.94 bits per heavy atom. The molecule has 3 heterocycles. The second-order valence-electron chi connectivity index (χ2n) is 7.37. The zero-order valence-corrected chi connectivity index (χ0v) is 17.9. The van der Waals surface area contributed by atoms with Gasteiger partial charge >= 0.3 is 0 Å². The second-order valence-corrected chi connectivity index (χ2v) is 7.37. The number of nitrogens with zero attached hydrogens (tertiary/aromatic N) is 5. The maximum Gasteiger partial charge on any atom is 0.130 e. The summed E-state index contributed by atoms with van der Waals surface area (Å²) in [6.07, 6.45) is 7.77. The van der Waals surface area contributed by atoms with Crippen LogP contribution in [0, 0.1) is 0 Å². The molecular weight excluding hydrogens is 394 g/mol. The molecule has 0 saturated carbocycles. The predicted octanol–water partition coefficient (Wildman–Crippen LogP) is 2.70. The van der Waals surface area contributed by atoms with Crippen molar-refractivity contribution in [2.75, 3.05) is 40.5 Å². The molecule has 162 valence electrons. The fraction of sp³-hybridized carbons (Fsp3) is 0.391. The van der Waals surface area contributed by atoms with Crippen LogP contribution < -0.4 is 4.74 Å². The van der Waals surface area contributed by atoms with Gasteiger partial charge in [-0.05, 0) is 12.1 Å². The number of benzene rings is 1. The Hall–Kier alpha value is -2.94. The molecule has 2 aromatic heterocycles. The fourth-order valence-electron chi connectivity index (χ4n) is 3.63. The predicted molar refractivity (Wildman–Crippen MR) is 116 cm³/mol. The molecule has 4 rings (SSSR count). The summed E-state index contributed by atoms with van der Waals surface area (Å²) in [7, 11) is 3.34. The Morgan fingerprint density at radius 1 is 1.10 bits per heavy atom. The summed E-state index contributed by atoms with van der Waals surface area (Å²) in [4.78, 5) is 20.5. The fourth-order valence-corrected chi connectivity index (χ4v) is 3.63. The van der Waals surface area contributed by atoms with Crippen LogP contribution in [0.2, 0.25) is 0 Å². The number of methoxy groups -OCH3 is 2. The number of rotatable bonds is 8. The summed E-state index contributed by atoms with van der Waals surface area (Å²) in [5, 5.41) is 0. The lowest BCUT2D eigenvalue weighted by molar-refractivity contribution is -0.0349. The molecule has 8 heteroatoms. The van der Waals surface area contributed by atoms with Crippen molar-refractivity contribution in [1.82, 2.24) is 24.8 Å². The van der Waals surface area contributed by atoms with E-state index in [1.807, 2.05) is 36.7 Å². The molecule has 1 aliphatic rings. The van der Waals surface area contributed by atoms with E-state index in [1.54, 1.807) is 26.6 Å². The Bertz CT molecular complexity index is 983. The first-order valence-electron chi connectivity index (χ1n) is 10.3. The summed E-state index contributed by atoms with van der Waals surface area (Å²) in [5.74, 6) is 1.59. The van der Waals surface area contributed by atoms with E-state index in [2.05, 4.69) is 24.8 Å². The minimum atomic E-state index is -0.162. The minimum absolute atomic E-state index is 0.162. The van der Waals surface area contributed by atoms with E-state index in [0.717, 1.165) is 60.1 Å². The number of hydrogen-bond donors (Lipinski definition) is 0. The van der Waals surface area contributed by atoms with Crippen molar-refractivity contribution < 1.29 is 14.2 Å². The zero-order chi connectivity index (χ0) is 21.5. The highest BCUT2D eigenvalue weighted by atomic mass is 16.5. The molecule has 1 aromatic carbocycles. The molecule has 0 bridgehead atoms. The summed E-state index contributed by atoms with van der Waals surface area (Å²) >= 11 is 0. The van der Waals surface area contributed by atoms with Crippen molar-refractivity contribution in [1.29, 1.82) is 0 Å². The lowest BCUT2D eigenvalue weighted by atomic mass is 10.0. The van der Waals surface area contributed by atoms with Crippen molar-refractivity contribution in [3.05, 3.63) is 66.1 Å². The van der Waals surface area contributed by atoms with Gasteiger partial charge in [0.25, 0.3) is 0 Å². The number of ether oxygens (including phenoxy) is 3. The molecule has 3 aromatic rings.